The largest absolute Gasteiger partial charge is 0.481 e. The zero-order valence-corrected chi connectivity index (χ0v) is 29.4. The van der Waals surface area contributed by atoms with Gasteiger partial charge in [0, 0.05) is 44.1 Å². The van der Waals surface area contributed by atoms with E-state index >= 15 is 0 Å². The molecule has 9 nitrogen and oxygen atoms in total. The van der Waals surface area contributed by atoms with Crippen LogP contribution in [0.4, 0.5) is 18.4 Å². The Morgan fingerprint density at radius 1 is 0.692 bits per heavy atom. The minimum atomic E-state index is -0.999. The number of hydrogen-bond donors (Lipinski definition) is 2. The molecule has 4 aromatic carbocycles. The maximum absolute atomic E-state index is 13.9. The number of carboxylic acids is 1. The smallest absolute Gasteiger partial charge is 0.410 e. The highest BCUT2D eigenvalue weighted by Gasteiger charge is 2.38. The Balaban J connectivity index is 0.000000202. The summed E-state index contributed by atoms with van der Waals surface area (Å²) in [6.45, 7) is 5.18. The number of carbonyl (C=O) groups is 3. The Kier molecular flexibility index (Phi) is 13.0. The normalized spacial score (nSPS) is 19.9. The number of carbonyl (C=O) groups excluding carboxylic acids is 2. The molecule has 274 valence electrons. The first-order valence-electron chi connectivity index (χ1n) is 17.4. The monoisotopic (exact) mass is 713 g/mol. The van der Waals surface area contributed by atoms with Crippen molar-refractivity contribution in [2.45, 2.75) is 57.8 Å². The van der Waals surface area contributed by atoms with Crippen molar-refractivity contribution in [1.29, 1.82) is 0 Å². The lowest BCUT2D eigenvalue weighted by Crippen LogP contribution is -2.49. The molecule has 0 radical (unpaired) electrons. The molecule has 11 heteroatoms. The van der Waals surface area contributed by atoms with Crippen LogP contribution in [0.3, 0.4) is 0 Å². The first kappa shape index (κ1) is 38.0. The lowest BCUT2D eigenvalue weighted by molar-refractivity contribution is -0.144. The molecule has 52 heavy (non-hydrogen) atoms. The van der Waals surface area contributed by atoms with Gasteiger partial charge in [0.1, 0.15) is 24.8 Å². The number of amides is 2. The van der Waals surface area contributed by atoms with Crippen LogP contribution in [-0.4, -0.2) is 65.3 Å². The molecule has 2 fully saturated rings. The van der Waals surface area contributed by atoms with Gasteiger partial charge in [0.25, 0.3) is 0 Å². The number of aliphatic carboxylic acids is 1. The topological polar surface area (TPSA) is 122 Å². The number of halogens is 2. The first-order valence-corrected chi connectivity index (χ1v) is 17.4. The average molecular weight is 714 g/mol. The van der Waals surface area contributed by atoms with Gasteiger partial charge in [-0.15, -0.1) is 0 Å². The third-order valence-electron chi connectivity index (χ3n) is 9.76. The van der Waals surface area contributed by atoms with Crippen molar-refractivity contribution >= 4 is 18.2 Å². The lowest BCUT2D eigenvalue weighted by Gasteiger charge is -2.36. The van der Waals surface area contributed by atoms with Crippen LogP contribution in [0.15, 0.2) is 97.1 Å². The molecule has 0 aliphatic carbocycles. The van der Waals surface area contributed by atoms with Crippen LogP contribution in [-0.2, 0) is 27.5 Å². The van der Waals surface area contributed by atoms with Crippen molar-refractivity contribution in [3.63, 3.8) is 0 Å². The minimum absolute atomic E-state index is 0.0448. The third-order valence-corrected chi connectivity index (χ3v) is 9.76. The SMILES string of the molecule is Cc1ccc(C2CCN(C(=O)OCc3ccccc3)CC2C(=O)O)cc1F.Cc1ccc(C2CCN(C(=O)OCc3ccccc3)CC2N)cc1F. The Labute approximate surface area is 302 Å². The highest BCUT2D eigenvalue weighted by atomic mass is 19.1. The number of rotatable bonds is 7. The van der Waals surface area contributed by atoms with Crippen LogP contribution in [0.2, 0.25) is 0 Å². The second-order valence-electron chi connectivity index (χ2n) is 13.4. The van der Waals surface area contributed by atoms with Gasteiger partial charge in [0.05, 0.1) is 5.92 Å². The van der Waals surface area contributed by atoms with Gasteiger partial charge in [-0.1, -0.05) is 84.9 Å². The molecule has 6 rings (SSSR count). The van der Waals surface area contributed by atoms with Crippen molar-refractivity contribution in [3.8, 4) is 0 Å². The van der Waals surface area contributed by atoms with Crippen molar-refractivity contribution in [2.24, 2.45) is 11.7 Å². The second-order valence-corrected chi connectivity index (χ2v) is 13.4. The van der Waals surface area contributed by atoms with Crippen LogP contribution in [0.25, 0.3) is 0 Å². The predicted octanol–water partition coefficient (Wildman–Crippen LogP) is 7.55. The van der Waals surface area contributed by atoms with Crippen molar-refractivity contribution in [1.82, 2.24) is 9.80 Å². The Morgan fingerprint density at radius 2 is 1.13 bits per heavy atom. The number of benzene rings is 4. The fraction of sp³-hybridized carbons (Fsp3) is 0.341. The molecule has 2 heterocycles. The number of nitrogens with zero attached hydrogens (tertiary/aromatic N) is 2. The number of ether oxygens (including phenoxy) is 2. The molecule has 4 unspecified atom stereocenters. The van der Waals surface area contributed by atoms with Gasteiger partial charge >= 0.3 is 18.2 Å². The van der Waals surface area contributed by atoms with Crippen LogP contribution < -0.4 is 5.73 Å². The van der Waals surface area contributed by atoms with E-state index in [1.54, 1.807) is 43.0 Å². The maximum Gasteiger partial charge on any atom is 0.410 e. The Hall–Kier alpha value is -5.29. The molecule has 2 amide bonds. The van der Waals surface area contributed by atoms with Gasteiger partial charge in [-0.2, -0.15) is 0 Å². The van der Waals surface area contributed by atoms with E-state index in [2.05, 4.69) is 0 Å². The van der Waals surface area contributed by atoms with Gasteiger partial charge in [-0.25, -0.2) is 18.4 Å². The molecule has 2 aliphatic heterocycles. The fourth-order valence-corrected chi connectivity index (χ4v) is 6.63. The van der Waals surface area contributed by atoms with Gasteiger partial charge < -0.3 is 30.1 Å². The highest BCUT2D eigenvalue weighted by Crippen LogP contribution is 2.34. The van der Waals surface area contributed by atoms with E-state index in [-0.39, 0.29) is 55.4 Å². The fourth-order valence-electron chi connectivity index (χ4n) is 6.63. The zero-order valence-electron chi connectivity index (χ0n) is 29.4. The summed E-state index contributed by atoms with van der Waals surface area (Å²) in [6.07, 6.45) is 0.260. The first-order chi connectivity index (χ1) is 25.0. The molecule has 2 saturated heterocycles. The number of piperidine rings is 2. The molecule has 2 aliphatic rings. The summed E-state index contributed by atoms with van der Waals surface area (Å²) in [4.78, 5) is 39.4. The highest BCUT2D eigenvalue weighted by molar-refractivity contribution is 5.74. The molecule has 0 saturated carbocycles. The number of likely N-dealkylation sites (tertiary alicyclic amines) is 2. The third kappa shape index (κ3) is 9.94. The predicted molar refractivity (Wildman–Crippen MR) is 192 cm³/mol. The van der Waals surface area contributed by atoms with Gasteiger partial charge in [-0.05, 0) is 72.2 Å². The molecule has 4 aromatic rings. The summed E-state index contributed by atoms with van der Waals surface area (Å²) in [5.41, 5.74) is 10.8. The quantitative estimate of drug-likeness (QED) is 0.203. The molecule has 0 aromatic heterocycles. The van der Waals surface area contributed by atoms with E-state index in [1.165, 1.54) is 11.0 Å². The summed E-state index contributed by atoms with van der Waals surface area (Å²) < 4.78 is 38.4. The van der Waals surface area contributed by atoms with Crippen molar-refractivity contribution < 1.29 is 37.7 Å². The summed E-state index contributed by atoms with van der Waals surface area (Å²) in [5.74, 6) is -2.65. The van der Waals surface area contributed by atoms with E-state index in [0.717, 1.165) is 16.7 Å². The Morgan fingerprint density at radius 3 is 1.58 bits per heavy atom. The summed E-state index contributed by atoms with van der Waals surface area (Å²) >= 11 is 0. The van der Waals surface area contributed by atoms with E-state index in [4.69, 9.17) is 15.2 Å². The number of nitrogens with two attached hydrogens (primary N) is 1. The van der Waals surface area contributed by atoms with Crippen LogP contribution in [0.5, 0.6) is 0 Å². The van der Waals surface area contributed by atoms with Crippen LogP contribution in [0.1, 0.15) is 58.1 Å². The maximum atomic E-state index is 13.9. The minimum Gasteiger partial charge on any atom is -0.481 e. The van der Waals surface area contributed by atoms with Gasteiger partial charge in [-0.3, -0.25) is 4.79 Å². The number of carboxylic acid groups (broad SMARTS) is 1. The van der Waals surface area contributed by atoms with Gasteiger partial charge in [0.2, 0.25) is 0 Å². The molecule has 0 spiro atoms. The van der Waals surface area contributed by atoms with E-state index in [1.807, 2.05) is 66.7 Å². The van der Waals surface area contributed by atoms with Crippen molar-refractivity contribution in [3.05, 3.63) is 142 Å². The summed E-state index contributed by atoms with van der Waals surface area (Å²) in [7, 11) is 0. The summed E-state index contributed by atoms with van der Waals surface area (Å²) in [5, 5.41) is 9.63. The molecular weight excluding hydrogens is 668 g/mol. The Bertz CT molecular complexity index is 1830. The molecule has 0 bridgehead atoms. The molecule has 4 atom stereocenters. The number of hydrogen-bond acceptors (Lipinski definition) is 6. The lowest BCUT2D eigenvalue weighted by atomic mass is 9.80. The zero-order chi connectivity index (χ0) is 37.2. The molecular formula is C41H45F2N3O6. The summed E-state index contributed by atoms with van der Waals surface area (Å²) in [6, 6.07) is 28.7. The van der Waals surface area contributed by atoms with E-state index in [0.29, 0.717) is 49.2 Å². The van der Waals surface area contributed by atoms with Crippen molar-refractivity contribution in [2.75, 3.05) is 26.2 Å². The van der Waals surface area contributed by atoms with Crippen LogP contribution in [0, 0.1) is 31.4 Å². The second kappa shape index (κ2) is 17.8. The standard InChI is InChI=1S/C21H22FNO4.C20H23FN2O2/c1-14-7-8-16(11-19(14)22)17-9-10-23(12-18(17)20(24)25)21(26)27-13-15-5-3-2-4-6-15;1-14-7-8-16(11-18(14)21)17-9-10-23(12-19(17)22)20(24)25-13-15-5-3-2-4-6-15/h2-8,11,17-18H,9-10,12-13H2,1H3,(H,24,25);2-8,11,17,19H,9-10,12-13,22H2,1H3. The number of aryl methyl sites for hydroxylation is 2. The van der Waals surface area contributed by atoms with Gasteiger partial charge in [0.15, 0.2) is 0 Å². The average Bonchev–Trinajstić information content (AvgIpc) is 3.16. The molecule has 3 N–H and O–H groups in total. The van der Waals surface area contributed by atoms with E-state index in [9.17, 15) is 28.3 Å². The van der Waals surface area contributed by atoms with Crippen LogP contribution >= 0.6 is 0 Å². The van der Waals surface area contributed by atoms with E-state index < -0.39 is 18.0 Å².